The van der Waals surface area contributed by atoms with Gasteiger partial charge in [0.05, 0.1) is 24.4 Å². The van der Waals surface area contributed by atoms with Crippen molar-refractivity contribution < 1.29 is 20.1 Å². The standard InChI is InChI=1S/C20H25N5O3/c1-3-4-10-19(21)25(27)20(26)22-17-11-14-13-24(15-8-6-5-7-9-15)23-16(14)12-18(17)28-2/h3-4,10-13,15,21,27H,1,5-9H2,2H3,(H,22,26)/p+1/b10-4-,21-19?. The molecule has 3 rings (SSSR count). The highest BCUT2D eigenvalue weighted by Gasteiger charge is 2.25. The number of carbonyl (C=O) groups is 1. The van der Waals surface area contributed by atoms with E-state index in [1.54, 1.807) is 12.1 Å². The number of anilines is 1. The number of fused-ring (bicyclic) bond motifs is 1. The predicted molar refractivity (Wildman–Crippen MR) is 107 cm³/mol. The fraction of sp³-hybridized carbons (Fsp3) is 0.350. The Bertz CT molecular complexity index is 912. The molecule has 8 heteroatoms. The lowest BCUT2D eigenvalue weighted by Crippen LogP contribution is -2.52. The number of nitrogens with two attached hydrogens (primary N) is 1. The smallest absolute Gasteiger partial charge is 0.444 e. The van der Waals surface area contributed by atoms with Gasteiger partial charge in [0.15, 0.2) is 0 Å². The molecule has 0 unspecified atom stereocenters. The number of carbonyl (C=O) groups excluding carboxylic acids is 1. The minimum atomic E-state index is -0.802. The quantitative estimate of drug-likeness (QED) is 0.242. The Morgan fingerprint density at radius 2 is 2.18 bits per heavy atom. The van der Waals surface area contributed by atoms with E-state index in [1.165, 1.54) is 44.6 Å². The molecule has 1 aliphatic carbocycles. The van der Waals surface area contributed by atoms with E-state index in [2.05, 4.69) is 17.0 Å². The number of hydrogen-bond acceptors (Lipinski definition) is 4. The Balaban J connectivity index is 1.83. The number of amides is 2. The summed E-state index contributed by atoms with van der Waals surface area (Å²) in [5, 5.41) is 24.1. The molecule has 1 aromatic carbocycles. The maximum atomic E-state index is 12.3. The number of nitrogens with one attached hydrogen (secondary N) is 1. The third kappa shape index (κ3) is 4.23. The number of hydrogen-bond donors (Lipinski definition) is 3. The van der Waals surface area contributed by atoms with E-state index in [-0.39, 0.29) is 5.84 Å². The number of hydroxylamine groups is 2. The van der Waals surface area contributed by atoms with E-state index in [0.29, 0.717) is 22.5 Å². The largest absolute Gasteiger partial charge is 0.494 e. The molecule has 28 heavy (non-hydrogen) atoms. The maximum Gasteiger partial charge on any atom is 0.444 e. The van der Waals surface area contributed by atoms with E-state index >= 15 is 0 Å². The van der Waals surface area contributed by atoms with Crippen molar-refractivity contribution in [3.8, 4) is 5.75 Å². The summed E-state index contributed by atoms with van der Waals surface area (Å²) in [6, 6.07) is 3.16. The van der Waals surface area contributed by atoms with E-state index in [4.69, 9.17) is 10.1 Å². The average Bonchev–Trinajstić information content (AvgIpc) is 3.14. The van der Waals surface area contributed by atoms with Gasteiger partial charge in [-0.25, -0.2) is 4.79 Å². The fourth-order valence-corrected chi connectivity index (χ4v) is 3.39. The molecule has 2 amide bonds. The van der Waals surface area contributed by atoms with E-state index in [1.807, 2.05) is 10.9 Å². The molecule has 0 saturated heterocycles. The highest BCUT2D eigenvalue weighted by molar-refractivity contribution is 6.05. The molecule has 8 nitrogen and oxygen atoms in total. The number of nitrogens with zero attached hydrogens (tertiary/aromatic N) is 3. The van der Waals surface area contributed by atoms with Gasteiger partial charge in [0, 0.05) is 23.7 Å². The lowest BCUT2D eigenvalue weighted by atomic mass is 9.96. The lowest BCUT2D eigenvalue weighted by Gasteiger charge is -2.21. The van der Waals surface area contributed by atoms with Crippen molar-refractivity contribution in [3.05, 3.63) is 43.1 Å². The van der Waals surface area contributed by atoms with Crippen LogP contribution in [0.4, 0.5) is 10.5 Å². The molecule has 148 valence electrons. The first kappa shape index (κ1) is 19.6. The van der Waals surface area contributed by atoms with Crippen LogP contribution in [0.2, 0.25) is 0 Å². The van der Waals surface area contributed by atoms with Crippen molar-refractivity contribution in [2.24, 2.45) is 0 Å². The normalized spacial score (nSPS) is 14.9. The second-order valence-corrected chi connectivity index (χ2v) is 6.77. The van der Waals surface area contributed by atoms with Crippen molar-refractivity contribution in [2.45, 2.75) is 38.1 Å². The van der Waals surface area contributed by atoms with Crippen LogP contribution in [0.1, 0.15) is 38.1 Å². The van der Waals surface area contributed by atoms with Crippen molar-refractivity contribution in [2.75, 3.05) is 12.4 Å². The number of rotatable bonds is 5. The van der Waals surface area contributed by atoms with Gasteiger partial charge in [-0.15, -0.1) is 0 Å². The zero-order chi connectivity index (χ0) is 20.1. The highest BCUT2D eigenvalue weighted by atomic mass is 16.5. The first-order valence-corrected chi connectivity index (χ1v) is 9.32. The Morgan fingerprint density at radius 1 is 1.43 bits per heavy atom. The summed E-state index contributed by atoms with van der Waals surface area (Å²) in [5.74, 6) is 0.311. The molecular weight excluding hydrogens is 358 g/mol. The summed E-state index contributed by atoms with van der Waals surface area (Å²) in [7, 11) is 1.51. The molecule has 1 fully saturated rings. The van der Waals surface area contributed by atoms with Gasteiger partial charge in [0.2, 0.25) is 0 Å². The van der Waals surface area contributed by atoms with Crippen molar-refractivity contribution in [1.29, 1.82) is 0 Å². The molecule has 1 heterocycles. The van der Waals surface area contributed by atoms with Crippen LogP contribution in [0.25, 0.3) is 10.9 Å². The summed E-state index contributed by atoms with van der Waals surface area (Å²) in [4.78, 5) is 12.3. The van der Waals surface area contributed by atoms with Crippen LogP contribution in [0.5, 0.6) is 5.75 Å². The van der Waals surface area contributed by atoms with Crippen LogP contribution < -0.4 is 15.5 Å². The molecule has 4 N–H and O–H groups in total. The summed E-state index contributed by atoms with van der Waals surface area (Å²) in [6.45, 7) is 3.51. The zero-order valence-corrected chi connectivity index (χ0v) is 16.0. The summed E-state index contributed by atoms with van der Waals surface area (Å²) < 4.78 is 7.40. The molecule has 1 aliphatic rings. The molecule has 1 aromatic heterocycles. The molecular formula is C20H26N5O3+. The summed E-state index contributed by atoms with van der Waals surface area (Å²) >= 11 is 0. The van der Waals surface area contributed by atoms with Crippen LogP contribution in [-0.2, 0) is 0 Å². The molecule has 0 spiro atoms. The predicted octanol–water partition coefficient (Wildman–Crippen LogP) is 2.67. The Kier molecular flexibility index (Phi) is 6.10. The van der Waals surface area contributed by atoms with E-state index < -0.39 is 6.03 Å². The number of methoxy groups -OCH3 is 1. The molecule has 0 aliphatic heterocycles. The number of amidine groups is 1. The van der Waals surface area contributed by atoms with Gasteiger partial charge in [0.25, 0.3) is 0 Å². The summed E-state index contributed by atoms with van der Waals surface area (Å²) in [5.41, 5.74) is 1.21. The van der Waals surface area contributed by atoms with Crippen LogP contribution in [0.15, 0.2) is 43.1 Å². The SMILES string of the molecule is C=C/C=C\C(=[NH2+])N(O)C(=O)Nc1cc2cn(C3CCCCC3)nc2cc1OC. The lowest BCUT2D eigenvalue weighted by molar-refractivity contribution is -0.146. The van der Waals surface area contributed by atoms with Crippen LogP contribution in [0, 0.1) is 0 Å². The first-order chi connectivity index (χ1) is 13.5. The van der Waals surface area contributed by atoms with Gasteiger partial charge in [-0.3, -0.25) is 15.4 Å². The maximum absolute atomic E-state index is 12.3. The summed E-state index contributed by atoms with van der Waals surface area (Å²) in [6.07, 6.45) is 12.3. The van der Waals surface area contributed by atoms with Crippen LogP contribution >= 0.6 is 0 Å². The van der Waals surface area contributed by atoms with Gasteiger partial charge in [-0.1, -0.05) is 38.0 Å². The Morgan fingerprint density at radius 3 is 2.86 bits per heavy atom. The second kappa shape index (κ2) is 8.71. The van der Waals surface area contributed by atoms with Crippen LogP contribution in [-0.4, -0.2) is 39.0 Å². The minimum Gasteiger partial charge on any atom is -0.494 e. The Hall–Kier alpha value is -3.13. The van der Waals surface area contributed by atoms with E-state index in [9.17, 15) is 10.0 Å². The van der Waals surface area contributed by atoms with Gasteiger partial charge >= 0.3 is 11.9 Å². The number of aromatic nitrogens is 2. The number of allylic oxidation sites excluding steroid dienone is 2. The molecule has 2 aromatic rings. The first-order valence-electron chi connectivity index (χ1n) is 9.32. The number of benzene rings is 1. The van der Waals surface area contributed by atoms with Gasteiger partial charge in [-0.05, 0) is 24.0 Å². The van der Waals surface area contributed by atoms with Crippen molar-refractivity contribution in [3.63, 3.8) is 0 Å². The molecule has 0 radical (unpaired) electrons. The number of urea groups is 1. The van der Waals surface area contributed by atoms with Gasteiger partial charge < -0.3 is 4.74 Å². The second-order valence-electron chi connectivity index (χ2n) is 6.77. The molecule has 0 atom stereocenters. The zero-order valence-electron chi connectivity index (χ0n) is 16.0. The van der Waals surface area contributed by atoms with E-state index in [0.717, 1.165) is 23.7 Å². The van der Waals surface area contributed by atoms with Crippen LogP contribution in [0.3, 0.4) is 0 Å². The topological polar surface area (TPSA) is 105 Å². The monoisotopic (exact) mass is 384 g/mol. The third-order valence-corrected chi connectivity index (χ3v) is 4.87. The Labute approximate surface area is 163 Å². The van der Waals surface area contributed by atoms with Crippen molar-refractivity contribution in [1.82, 2.24) is 14.8 Å². The minimum absolute atomic E-state index is 0.137. The molecule has 0 bridgehead atoms. The average molecular weight is 384 g/mol. The van der Waals surface area contributed by atoms with Gasteiger partial charge in [0.1, 0.15) is 5.75 Å². The van der Waals surface area contributed by atoms with Gasteiger partial charge in [-0.2, -0.15) is 10.3 Å². The highest BCUT2D eigenvalue weighted by Crippen LogP contribution is 2.33. The van der Waals surface area contributed by atoms with Crippen molar-refractivity contribution >= 4 is 28.5 Å². The fourth-order valence-electron chi connectivity index (χ4n) is 3.39. The number of ether oxygens (including phenoxy) is 1. The molecule has 1 saturated carbocycles. The third-order valence-electron chi connectivity index (χ3n) is 4.87.